The van der Waals surface area contributed by atoms with Crippen LogP contribution in [0.25, 0.3) is 17.0 Å². The minimum absolute atomic E-state index is 0.0515. The summed E-state index contributed by atoms with van der Waals surface area (Å²) in [5.41, 5.74) is 4.49. The average Bonchev–Trinajstić information content (AvgIpc) is 3.42. The van der Waals surface area contributed by atoms with Gasteiger partial charge >= 0.3 is 0 Å². The number of aromatic nitrogens is 5. The van der Waals surface area contributed by atoms with E-state index in [4.69, 9.17) is 19.0 Å². The van der Waals surface area contributed by atoms with Crippen LogP contribution in [0.1, 0.15) is 50.6 Å². The van der Waals surface area contributed by atoms with Crippen LogP contribution in [0.15, 0.2) is 73.2 Å². The predicted molar refractivity (Wildman–Crippen MR) is 172 cm³/mol. The molecule has 1 N–H and O–H groups in total. The second kappa shape index (κ2) is 12.7. The maximum atomic E-state index is 14.4. The van der Waals surface area contributed by atoms with Crippen molar-refractivity contribution in [1.29, 1.82) is 0 Å². The van der Waals surface area contributed by atoms with E-state index < -0.39 is 14.1 Å². The van der Waals surface area contributed by atoms with Crippen molar-refractivity contribution in [1.82, 2.24) is 24.6 Å². The summed E-state index contributed by atoms with van der Waals surface area (Å²) >= 11 is 0. The highest BCUT2D eigenvalue weighted by atomic mass is 28.4. The van der Waals surface area contributed by atoms with Crippen LogP contribution in [0.2, 0.25) is 18.1 Å². The number of hydrogen-bond acceptors (Lipinski definition) is 8. The van der Waals surface area contributed by atoms with Gasteiger partial charge in [-0.15, -0.1) is 5.10 Å². The van der Waals surface area contributed by atoms with E-state index in [0.717, 1.165) is 16.9 Å². The maximum Gasteiger partial charge on any atom is 0.192 e. The second-order valence-electron chi connectivity index (χ2n) is 12.3. The number of halogens is 1. The number of anilines is 1. The van der Waals surface area contributed by atoms with Crippen LogP contribution in [0.3, 0.4) is 0 Å². The molecule has 4 heterocycles. The molecule has 11 heteroatoms. The fraction of sp³-hybridized carbons (Fsp3) is 0.333. The molecule has 0 saturated heterocycles. The first-order valence-corrected chi connectivity index (χ1v) is 17.5. The van der Waals surface area contributed by atoms with E-state index in [-0.39, 0.29) is 11.1 Å². The van der Waals surface area contributed by atoms with Crippen molar-refractivity contribution in [3.05, 3.63) is 95.8 Å². The van der Waals surface area contributed by atoms with E-state index in [1.807, 2.05) is 55.5 Å². The summed E-state index contributed by atoms with van der Waals surface area (Å²) in [5.74, 6) is 1.67. The maximum absolute atomic E-state index is 14.4. The number of pyridine rings is 2. The van der Waals surface area contributed by atoms with Crippen molar-refractivity contribution < 1.29 is 18.3 Å². The van der Waals surface area contributed by atoms with Gasteiger partial charge in [0.25, 0.3) is 0 Å². The Balaban J connectivity index is 1.34. The van der Waals surface area contributed by atoms with E-state index in [0.29, 0.717) is 47.5 Å². The number of nitrogens with zero attached hydrogens (tertiary/aromatic N) is 5. The van der Waals surface area contributed by atoms with E-state index in [9.17, 15) is 4.39 Å². The van der Waals surface area contributed by atoms with Gasteiger partial charge in [-0.25, -0.2) is 13.9 Å². The lowest BCUT2D eigenvalue weighted by atomic mass is 10.1. The van der Waals surface area contributed by atoms with Crippen molar-refractivity contribution in [3.8, 4) is 22.9 Å². The van der Waals surface area contributed by atoms with Crippen LogP contribution in [0, 0.1) is 5.82 Å². The van der Waals surface area contributed by atoms with Crippen LogP contribution >= 0.6 is 0 Å². The zero-order valence-corrected chi connectivity index (χ0v) is 27.3. The summed E-state index contributed by atoms with van der Waals surface area (Å²) in [5, 5.41) is 8.26. The summed E-state index contributed by atoms with van der Waals surface area (Å²) in [6.07, 6.45) is 4.68. The van der Waals surface area contributed by atoms with Crippen molar-refractivity contribution in [2.75, 3.05) is 12.4 Å². The van der Waals surface area contributed by atoms with Gasteiger partial charge in [0, 0.05) is 17.8 Å². The number of methoxy groups -OCH3 is 1. The molecule has 0 aliphatic carbocycles. The largest absolute Gasteiger partial charge is 0.497 e. The predicted octanol–water partition coefficient (Wildman–Crippen LogP) is 7.61. The van der Waals surface area contributed by atoms with Gasteiger partial charge in [-0.1, -0.05) is 32.9 Å². The first kappa shape index (κ1) is 31.1. The second-order valence-corrected chi connectivity index (χ2v) is 17.1. The highest BCUT2D eigenvalue weighted by molar-refractivity contribution is 6.74. The Hall–Kier alpha value is -4.35. The smallest absolute Gasteiger partial charge is 0.192 e. The molecule has 0 spiro atoms. The molecule has 0 radical (unpaired) electrons. The third-order valence-corrected chi connectivity index (χ3v) is 12.6. The molecule has 5 rings (SSSR count). The molecule has 230 valence electrons. The SMILES string of the molecule is COc1ccc(COc2ccnc(-c3cnc4ccc(NC(C)c5cc(F)cnc5CO[Si](C)(C)C(C)(C)C)nn34)c2)cc1. The van der Waals surface area contributed by atoms with E-state index in [1.165, 1.54) is 12.3 Å². The number of ether oxygens (including phenoxy) is 2. The lowest BCUT2D eigenvalue weighted by Crippen LogP contribution is -2.40. The molecule has 9 nitrogen and oxygen atoms in total. The Kier molecular flexibility index (Phi) is 8.98. The number of nitrogens with one attached hydrogen (secondary N) is 1. The number of rotatable bonds is 11. The summed E-state index contributed by atoms with van der Waals surface area (Å²) < 4.78 is 33.8. The molecule has 1 atom stereocenters. The van der Waals surface area contributed by atoms with Gasteiger partial charge in [0.05, 0.1) is 43.5 Å². The third kappa shape index (κ3) is 7.06. The quantitative estimate of drug-likeness (QED) is 0.152. The topological polar surface area (TPSA) is 95.7 Å². The number of imidazole rings is 1. The molecule has 1 unspecified atom stereocenters. The number of hydrogen-bond donors (Lipinski definition) is 1. The molecule has 5 aromatic rings. The average molecular weight is 615 g/mol. The van der Waals surface area contributed by atoms with E-state index in [1.54, 1.807) is 24.0 Å². The molecule has 0 fully saturated rings. The normalized spacial score (nSPS) is 12.7. The Bertz CT molecular complexity index is 1740. The van der Waals surface area contributed by atoms with Crippen molar-refractivity contribution in [3.63, 3.8) is 0 Å². The van der Waals surface area contributed by atoms with Gasteiger partial charge in [-0.3, -0.25) is 9.97 Å². The van der Waals surface area contributed by atoms with Crippen LogP contribution < -0.4 is 14.8 Å². The minimum Gasteiger partial charge on any atom is -0.497 e. The van der Waals surface area contributed by atoms with E-state index >= 15 is 0 Å². The molecule has 0 saturated carbocycles. The van der Waals surface area contributed by atoms with Gasteiger partial charge in [-0.2, -0.15) is 0 Å². The number of fused-ring (bicyclic) bond motifs is 1. The molecule has 0 bridgehead atoms. The summed E-state index contributed by atoms with van der Waals surface area (Å²) in [6.45, 7) is 13.6. The Labute approximate surface area is 258 Å². The van der Waals surface area contributed by atoms with Crippen LogP contribution in [0.5, 0.6) is 11.5 Å². The molecule has 0 aliphatic rings. The van der Waals surface area contributed by atoms with Gasteiger partial charge in [0.1, 0.15) is 35.4 Å². The molecular formula is C33H39FN6O3Si. The summed E-state index contributed by atoms with van der Waals surface area (Å²) in [7, 11) is -0.379. The van der Waals surface area contributed by atoms with Gasteiger partial charge in [0.2, 0.25) is 0 Å². The van der Waals surface area contributed by atoms with Crippen LogP contribution in [-0.2, 0) is 17.6 Å². The Morgan fingerprint density at radius 1 is 0.932 bits per heavy atom. The Morgan fingerprint density at radius 3 is 2.43 bits per heavy atom. The van der Waals surface area contributed by atoms with Gasteiger partial charge < -0.3 is 19.2 Å². The molecule has 4 aromatic heterocycles. The highest BCUT2D eigenvalue weighted by Crippen LogP contribution is 2.37. The highest BCUT2D eigenvalue weighted by Gasteiger charge is 2.37. The molecule has 44 heavy (non-hydrogen) atoms. The monoisotopic (exact) mass is 614 g/mol. The van der Waals surface area contributed by atoms with Crippen LogP contribution in [0.4, 0.5) is 10.2 Å². The minimum atomic E-state index is -2.02. The lowest BCUT2D eigenvalue weighted by molar-refractivity contribution is 0.270. The molecule has 0 amide bonds. The van der Waals surface area contributed by atoms with E-state index in [2.05, 4.69) is 54.1 Å². The Morgan fingerprint density at radius 2 is 1.70 bits per heavy atom. The molecule has 0 aliphatic heterocycles. The van der Waals surface area contributed by atoms with Gasteiger partial charge in [-0.05, 0) is 67.0 Å². The van der Waals surface area contributed by atoms with Crippen molar-refractivity contribution in [2.45, 2.75) is 65.1 Å². The number of benzene rings is 1. The standard InChI is InChI=1S/C33H39FN6O3Si/c1-22(27-16-24(34)18-36-29(27)21-43-44(6,7)33(2,3)4)38-31-12-13-32-37-19-30(40(32)39-31)28-17-26(14-15-35-28)42-20-23-8-10-25(41-5)11-9-23/h8-19,22H,20-21H2,1-7H3,(H,38,39). The summed E-state index contributed by atoms with van der Waals surface area (Å²) in [4.78, 5) is 13.5. The van der Waals surface area contributed by atoms with Gasteiger partial charge in [0.15, 0.2) is 14.0 Å². The zero-order valence-electron chi connectivity index (χ0n) is 26.3. The lowest BCUT2D eigenvalue weighted by Gasteiger charge is -2.36. The summed E-state index contributed by atoms with van der Waals surface area (Å²) in [6, 6.07) is 16.4. The van der Waals surface area contributed by atoms with Crippen molar-refractivity contribution >= 4 is 19.8 Å². The molecular weight excluding hydrogens is 575 g/mol. The third-order valence-electron chi connectivity index (χ3n) is 8.10. The first-order valence-electron chi connectivity index (χ1n) is 14.6. The van der Waals surface area contributed by atoms with Crippen LogP contribution in [-0.4, -0.2) is 40.0 Å². The molecule has 1 aromatic carbocycles. The fourth-order valence-electron chi connectivity index (χ4n) is 4.40. The van der Waals surface area contributed by atoms with Crippen molar-refractivity contribution in [2.24, 2.45) is 0 Å². The first-order chi connectivity index (χ1) is 20.9. The zero-order chi connectivity index (χ0) is 31.5. The fourth-order valence-corrected chi connectivity index (χ4v) is 5.33.